The summed E-state index contributed by atoms with van der Waals surface area (Å²) in [6, 6.07) is 4.75. The zero-order valence-corrected chi connectivity index (χ0v) is 10.1. The Balaban J connectivity index is 1.82. The minimum atomic E-state index is 0.748. The van der Waals surface area contributed by atoms with Gasteiger partial charge in [-0.05, 0) is 39.1 Å². The van der Waals surface area contributed by atoms with Crippen LogP contribution in [0.2, 0.25) is 0 Å². The van der Waals surface area contributed by atoms with E-state index < -0.39 is 0 Å². The fraction of sp³-hybridized carbons (Fsp3) is 0.667. The molecule has 0 spiro atoms. The second-order valence-corrected chi connectivity index (χ2v) is 4.69. The van der Waals surface area contributed by atoms with Gasteiger partial charge in [0.2, 0.25) is 0 Å². The summed E-state index contributed by atoms with van der Waals surface area (Å²) in [5, 5.41) is 8.03. The van der Waals surface area contributed by atoms with Gasteiger partial charge in [0.1, 0.15) is 0 Å². The van der Waals surface area contributed by atoms with Crippen LogP contribution < -0.4 is 0 Å². The first-order valence-corrected chi connectivity index (χ1v) is 5.91. The van der Waals surface area contributed by atoms with E-state index in [1.165, 1.54) is 25.9 Å². The summed E-state index contributed by atoms with van der Waals surface area (Å²) < 4.78 is 0. The quantitative estimate of drug-likeness (QED) is 0.761. The zero-order chi connectivity index (χ0) is 11.4. The van der Waals surface area contributed by atoms with Crippen LogP contribution in [0.5, 0.6) is 0 Å². The molecule has 1 aliphatic heterocycles. The number of hydrogen-bond acceptors (Lipinski definition) is 4. The van der Waals surface area contributed by atoms with E-state index >= 15 is 0 Å². The molecule has 0 saturated carbocycles. The summed E-state index contributed by atoms with van der Waals surface area (Å²) in [7, 11) is 4.34. The van der Waals surface area contributed by atoms with Crippen LogP contribution in [0.4, 0.5) is 0 Å². The molecule has 1 aromatic rings. The number of likely N-dealkylation sites (tertiary alicyclic amines) is 1. The molecule has 0 radical (unpaired) electrons. The van der Waals surface area contributed by atoms with E-state index in [9.17, 15) is 0 Å². The van der Waals surface area contributed by atoms with Crippen LogP contribution in [0.3, 0.4) is 0 Å². The predicted octanol–water partition coefficient (Wildman–Crippen LogP) is 1.00. The molecule has 1 fully saturated rings. The first-order valence-electron chi connectivity index (χ1n) is 5.91. The maximum Gasteiger partial charge on any atom is 0.0771 e. The van der Waals surface area contributed by atoms with Crippen LogP contribution in [-0.4, -0.2) is 53.2 Å². The minimum absolute atomic E-state index is 0.748. The third-order valence-electron chi connectivity index (χ3n) is 3.30. The summed E-state index contributed by atoms with van der Waals surface area (Å²) in [5.74, 6) is 0. The van der Waals surface area contributed by atoms with Gasteiger partial charge in [0.15, 0.2) is 0 Å². The van der Waals surface area contributed by atoms with Gasteiger partial charge in [-0.2, -0.15) is 10.2 Å². The van der Waals surface area contributed by atoms with Gasteiger partial charge in [-0.25, -0.2) is 0 Å². The van der Waals surface area contributed by atoms with Crippen LogP contribution in [0.1, 0.15) is 18.5 Å². The SMILES string of the molecule is CN(C)C1CCN(Cc2cccnn2)CC1. The maximum absolute atomic E-state index is 4.12. The van der Waals surface area contributed by atoms with E-state index in [-0.39, 0.29) is 0 Å². The Bertz CT molecular complexity index is 304. The van der Waals surface area contributed by atoms with Crippen molar-refractivity contribution in [3.8, 4) is 0 Å². The molecule has 0 amide bonds. The highest BCUT2D eigenvalue weighted by molar-refractivity contribution is 4.99. The van der Waals surface area contributed by atoms with Gasteiger partial charge >= 0.3 is 0 Å². The van der Waals surface area contributed by atoms with Crippen molar-refractivity contribution < 1.29 is 0 Å². The number of nitrogens with zero attached hydrogens (tertiary/aromatic N) is 4. The van der Waals surface area contributed by atoms with Gasteiger partial charge in [0.05, 0.1) is 5.69 Å². The van der Waals surface area contributed by atoms with Crippen molar-refractivity contribution in [1.29, 1.82) is 0 Å². The number of rotatable bonds is 3. The van der Waals surface area contributed by atoms with Crippen molar-refractivity contribution in [2.45, 2.75) is 25.4 Å². The Hall–Kier alpha value is -1.00. The van der Waals surface area contributed by atoms with Crippen molar-refractivity contribution in [2.24, 2.45) is 0 Å². The van der Waals surface area contributed by atoms with Crippen LogP contribution in [0.15, 0.2) is 18.3 Å². The molecule has 0 aromatic carbocycles. The summed E-state index contributed by atoms with van der Waals surface area (Å²) in [5.41, 5.74) is 1.07. The lowest BCUT2D eigenvalue weighted by Crippen LogP contribution is -2.41. The molecule has 4 nitrogen and oxygen atoms in total. The molecular weight excluding hydrogens is 200 g/mol. The Morgan fingerprint density at radius 2 is 2.12 bits per heavy atom. The Labute approximate surface area is 97.3 Å². The normalized spacial score (nSPS) is 19.2. The fourth-order valence-corrected chi connectivity index (χ4v) is 2.24. The number of aromatic nitrogens is 2. The van der Waals surface area contributed by atoms with Gasteiger partial charge in [-0.3, -0.25) is 4.90 Å². The second kappa shape index (κ2) is 5.37. The van der Waals surface area contributed by atoms with Crippen molar-refractivity contribution in [3.05, 3.63) is 24.0 Å². The van der Waals surface area contributed by atoms with E-state index in [2.05, 4.69) is 34.1 Å². The first kappa shape index (κ1) is 11.5. The molecular formula is C12H20N4. The molecule has 2 heterocycles. The molecule has 1 aromatic heterocycles. The molecule has 0 aliphatic carbocycles. The van der Waals surface area contributed by atoms with Crippen LogP contribution >= 0.6 is 0 Å². The average Bonchev–Trinajstić information content (AvgIpc) is 2.31. The van der Waals surface area contributed by atoms with Gasteiger partial charge in [0, 0.05) is 31.9 Å². The monoisotopic (exact) mass is 220 g/mol. The minimum Gasteiger partial charge on any atom is -0.306 e. The van der Waals surface area contributed by atoms with E-state index in [1.807, 2.05) is 12.1 Å². The highest BCUT2D eigenvalue weighted by atomic mass is 15.2. The maximum atomic E-state index is 4.12. The molecule has 1 aliphatic rings. The molecule has 2 rings (SSSR count). The van der Waals surface area contributed by atoms with E-state index in [4.69, 9.17) is 0 Å². The topological polar surface area (TPSA) is 32.3 Å². The zero-order valence-electron chi connectivity index (χ0n) is 10.1. The molecule has 0 unspecified atom stereocenters. The van der Waals surface area contributed by atoms with Crippen LogP contribution in [-0.2, 0) is 6.54 Å². The largest absolute Gasteiger partial charge is 0.306 e. The molecule has 4 heteroatoms. The Morgan fingerprint density at radius 3 is 2.69 bits per heavy atom. The average molecular weight is 220 g/mol. The molecule has 16 heavy (non-hydrogen) atoms. The first-order chi connectivity index (χ1) is 7.75. The third-order valence-corrected chi connectivity index (χ3v) is 3.30. The van der Waals surface area contributed by atoms with Crippen molar-refractivity contribution >= 4 is 0 Å². The lowest BCUT2D eigenvalue weighted by atomic mass is 10.0. The third kappa shape index (κ3) is 3.00. The number of piperidine rings is 1. The smallest absolute Gasteiger partial charge is 0.0771 e. The predicted molar refractivity (Wildman–Crippen MR) is 64.0 cm³/mol. The Morgan fingerprint density at radius 1 is 1.38 bits per heavy atom. The van der Waals surface area contributed by atoms with Crippen molar-refractivity contribution in [3.63, 3.8) is 0 Å². The Kier molecular flexibility index (Phi) is 3.85. The van der Waals surface area contributed by atoms with Gasteiger partial charge in [0.25, 0.3) is 0 Å². The van der Waals surface area contributed by atoms with Crippen LogP contribution in [0.25, 0.3) is 0 Å². The lowest BCUT2D eigenvalue weighted by molar-refractivity contribution is 0.138. The number of hydrogen-bond donors (Lipinski definition) is 0. The molecule has 0 atom stereocenters. The van der Waals surface area contributed by atoms with Crippen molar-refractivity contribution in [1.82, 2.24) is 20.0 Å². The summed E-state index contributed by atoms with van der Waals surface area (Å²) in [6.45, 7) is 3.27. The standard InChI is InChI=1S/C12H20N4/c1-15(2)12-5-8-16(9-6-12)10-11-4-3-7-13-14-11/h3-4,7,12H,5-6,8-10H2,1-2H3. The summed E-state index contributed by atoms with van der Waals surface area (Å²) in [6.07, 6.45) is 4.24. The van der Waals surface area contributed by atoms with Crippen LogP contribution in [0, 0.1) is 0 Å². The summed E-state index contributed by atoms with van der Waals surface area (Å²) in [4.78, 5) is 4.80. The molecule has 0 bridgehead atoms. The highest BCUT2D eigenvalue weighted by Crippen LogP contribution is 2.15. The highest BCUT2D eigenvalue weighted by Gasteiger charge is 2.20. The van der Waals surface area contributed by atoms with Gasteiger partial charge < -0.3 is 4.90 Å². The molecule has 1 saturated heterocycles. The molecule has 88 valence electrons. The van der Waals surface area contributed by atoms with E-state index in [0.717, 1.165) is 18.3 Å². The fourth-order valence-electron chi connectivity index (χ4n) is 2.24. The molecule has 0 N–H and O–H groups in total. The van der Waals surface area contributed by atoms with Gasteiger partial charge in [-0.1, -0.05) is 0 Å². The van der Waals surface area contributed by atoms with Crippen molar-refractivity contribution in [2.75, 3.05) is 27.2 Å². The second-order valence-electron chi connectivity index (χ2n) is 4.69. The van der Waals surface area contributed by atoms with Gasteiger partial charge in [-0.15, -0.1) is 0 Å². The van der Waals surface area contributed by atoms with E-state index in [1.54, 1.807) is 6.20 Å². The summed E-state index contributed by atoms with van der Waals surface area (Å²) >= 11 is 0. The van der Waals surface area contributed by atoms with E-state index in [0.29, 0.717) is 0 Å². The lowest BCUT2D eigenvalue weighted by Gasteiger charge is -2.34.